The van der Waals surface area contributed by atoms with Crippen molar-refractivity contribution in [2.24, 2.45) is 5.10 Å². The van der Waals surface area contributed by atoms with Crippen LogP contribution in [-0.4, -0.2) is 36.9 Å². The molecular weight excluding hydrogens is 508 g/mol. The molecule has 0 aliphatic rings. The molecule has 0 saturated carbocycles. The fraction of sp³-hybridized carbons (Fsp3) is 0.0769. The predicted molar refractivity (Wildman–Crippen MR) is 141 cm³/mol. The zero-order valence-electron chi connectivity index (χ0n) is 20.1. The summed E-state index contributed by atoms with van der Waals surface area (Å²) in [6.07, 6.45) is 0. The van der Waals surface area contributed by atoms with Gasteiger partial charge in [0.25, 0.3) is 5.91 Å². The van der Waals surface area contributed by atoms with E-state index in [1.165, 1.54) is 4.68 Å². The van der Waals surface area contributed by atoms with Gasteiger partial charge in [0, 0.05) is 16.1 Å². The first-order valence-corrected chi connectivity index (χ1v) is 11.8. The van der Waals surface area contributed by atoms with E-state index >= 15 is 0 Å². The van der Waals surface area contributed by atoms with Crippen LogP contribution in [0.3, 0.4) is 0 Å². The molecule has 0 aliphatic carbocycles. The number of anilines is 1. The van der Waals surface area contributed by atoms with Crippen molar-refractivity contribution in [3.8, 4) is 22.8 Å². The van der Waals surface area contributed by atoms with Crippen LogP contribution in [0.5, 0.6) is 5.75 Å². The number of halogens is 1. The number of benzene rings is 3. The highest BCUT2D eigenvalue weighted by molar-refractivity contribution is 6.31. The molecule has 0 atom stereocenters. The van der Waals surface area contributed by atoms with Crippen molar-refractivity contribution >= 4 is 29.0 Å². The number of aromatic nitrogens is 5. The average molecular weight is 529 g/mol. The number of hydrazone groups is 1. The number of nitrogen functional groups attached to an aromatic ring is 1. The number of hydrogen-bond acceptors (Lipinski definition) is 9. The normalized spacial score (nSPS) is 11.4. The minimum absolute atomic E-state index is 0.0397. The lowest BCUT2D eigenvalue weighted by Gasteiger charge is -2.09. The van der Waals surface area contributed by atoms with E-state index < -0.39 is 5.91 Å². The minimum atomic E-state index is -0.574. The number of ether oxygens (including phenoxy) is 1. The molecule has 3 aromatic carbocycles. The highest BCUT2D eigenvalue weighted by atomic mass is 35.5. The van der Waals surface area contributed by atoms with Crippen LogP contribution in [0.2, 0.25) is 5.02 Å². The van der Waals surface area contributed by atoms with Gasteiger partial charge in [0.1, 0.15) is 18.1 Å². The topological polar surface area (TPSA) is 146 Å². The Morgan fingerprint density at radius 2 is 1.79 bits per heavy atom. The summed E-state index contributed by atoms with van der Waals surface area (Å²) < 4.78 is 11.7. The molecule has 190 valence electrons. The van der Waals surface area contributed by atoms with Crippen molar-refractivity contribution in [1.82, 2.24) is 30.7 Å². The summed E-state index contributed by atoms with van der Waals surface area (Å²) in [5.74, 6) is 0.0973. The smallest absolute Gasteiger partial charge is 0.292 e. The molecule has 5 rings (SSSR count). The van der Waals surface area contributed by atoms with Crippen LogP contribution in [-0.2, 0) is 6.61 Å². The van der Waals surface area contributed by atoms with Crippen LogP contribution in [0.25, 0.3) is 17.1 Å². The number of rotatable bonds is 8. The summed E-state index contributed by atoms with van der Waals surface area (Å²) in [4.78, 5) is 13.3. The van der Waals surface area contributed by atoms with Gasteiger partial charge < -0.3 is 10.5 Å². The number of nitrogens with one attached hydrogen (secondary N) is 1. The number of carbonyl (C=O) groups excluding carboxylic acids is 1. The zero-order chi connectivity index (χ0) is 26.5. The largest absolute Gasteiger partial charge is 0.489 e. The molecule has 38 heavy (non-hydrogen) atoms. The number of nitrogens with zero attached hydrogens (tertiary/aromatic N) is 6. The van der Waals surface area contributed by atoms with Gasteiger partial charge in [0.15, 0.2) is 5.69 Å². The number of nitrogens with two attached hydrogens (primary N) is 1. The average Bonchev–Trinajstić information content (AvgIpc) is 3.58. The van der Waals surface area contributed by atoms with Crippen molar-refractivity contribution in [2.45, 2.75) is 13.5 Å². The maximum absolute atomic E-state index is 13.3. The zero-order valence-corrected chi connectivity index (χ0v) is 20.8. The molecule has 1 amide bonds. The fourth-order valence-corrected chi connectivity index (χ4v) is 3.77. The van der Waals surface area contributed by atoms with E-state index in [2.05, 4.69) is 35.8 Å². The highest BCUT2D eigenvalue weighted by Crippen LogP contribution is 2.24. The molecule has 2 aromatic heterocycles. The van der Waals surface area contributed by atoms with Crippen LogP contribution >= 0.6 is 11.6 Å². The summed E-state index contributed by atoms with van der Waals surface area (Å²) in [6.45, 7) is 2.12. The Bertz CT molecular complexity index is 1600. The molecule has 5 aromatic rings. The molecule has 0 spiro atoms. The molecule has 11 nitrogen and oxygen atoms in total. The van der Waals surface area contributed by atoms with Gasteiger partial charge >= 0.3 is 0 Å². The lowest BCUT2D eigenvalue weighted by Crippen LogP contribution is -2.23. The van der Waals surface area contributed by atoms with E-state index in [1.54, 1.807) is 19.1 Å². The maximum atomic E-state index is 13.3. The van der Waals surface area contributed by atoms with Gasteiger partial charge in [-0.1, -0.05) is 65.3 Å². The Hall–Kier alpha value is -5.03. The Morgan fingerprint density at radius 3 is 2.50 bits per heavy atom. The number of carbonyl (C=O) groups is 1. The highest BCUT2D eigenvalue weighted by Gasteiger charge is 2.26. The summed E-state index contributed by atoms with van der Waals surface area (Å²) in [6, 6.07) is 24.0. The third kappa shape index (κ3) is 5.22. The third-order valence-corrected chi connectivity index (χ3v) is 5.95. The standard InChI is InChI=1S/C26H21ClN8O3/c1-16(17-11-13-20(14-12-17)37-15-19-9-5-6-10-21(19)27)29-31-26(36)23-22(18-7-3-2-4-8-18)30-34-35(23)25-24(28)32-38-33-25/h2-14H,15H2,1H3,(H2,28,32)(H,31,36)/b29-16-. The van der Waals surface area contributed by atoms with Gasteiger partial charge in [0.2, 0.25) is 11.6 Å². The Balaban J connectivity index is 1.34. The van der Waals surface area contributed by atoms with Gasteiger partial charge in [-0.2, -0.15) is 9.78 Å². The SMILES string of the molecule is C/C(=N/NC(=O)c1c(-c2ccccc2)nnn1-c1nonc1N)c1ccc(OCc2ccccc2Cl)cc1. The Morgan fingerprint density at radius 1 is 1.05 bits per heavy atom. The lowest BCUT2D eigenvalue weighted by molar-refractivity contribution is 0.0947. The van der Waals surface area contributed by atoms with Crippen molar-refractivity contribution < 1.29 is 14.2 Å². The molecule has 0 bridgehead atoms. The van der Waals surface area contributed by atoms with Gasteiger partial charge in [-0.3, -0.25) is 4.79 Å². The second-order valence-electron chi connectivity index (χ2n) is 8.08. The predicted octanol–water partition coefficient (Wildman–Crippen LogP) is 4.29. The van der Waals surface area contributed by atoms with Crippen molar-refractivity contribution in [3.05, 3.63) is 101 Å². The lowest BCUT2D eigenvalue weighted by atomic mass is 10.1. The molecule has 12 heteroatoms. The Kier molecular flexibility index (Phi) is 7.09. The van der Waals surface area contributed by atoms with Crippen molar-refractivity contribution in [1.29, 1.82) is 0 Å². The molecule has 0 radical (unpaired) electrons. The second kappa shape index (κ2) is 10.9. The van der Waals surface area contributed by atoms with Crippen LogP contribution in [0.15, 0.2) is 88.6 Å². The van der Waals surface area contributed by atoms with Crippen molar-refractivity contribution in [2.75, 3.05) is 5.73 Å². The summed E-state index contributed by atoms with van der Waals surface area (Å²) >= 11 is 6.19. The van der Waals surface area contributed by atoms with Crippen LogP contribution in [0, 0.1) is 0 Å². The molecule has 0 fully saturated rings. The van der Waals surface area contributed by atoms with Gasteiger partial charge in [-0.25, -0.2) is 10.1 Å². The van der Waals surface area contributed by atoms with Crippen LogP contribution in [0.1, 0.15) is 28.5 Å². The molecule has 0 aliphatic heterocycles. The monoisotopic (exact) mass is 528 g/mol. The molecule has 3 N–H and O–H groups in total. The maximum Gasteiger partial charge on any atom is 0.292 e. The Labute approximate surface area is 221 Å². The van der Waals surface area contributed by atoms with Gasteiger partial charge in [-0.05, 0) is 53.1 Å². The quantitative estimate of drug-likeness (QED) is 0.224. The van der Waals surface area contributed by atoms with Gasteiger partial charge in [0.05, 0.1) is 5.71 Å². The van der Waals surface area contributed by atoms with E-state index in [1.807, 2.05) is 66.7 Å². The van der Waals surface area contributed by atoms with E-state index in [0.29, 0.717) is 34.3 Å². The van der Waals surface area contributed by atoms with Crippen LogP contribution in [0.4, 0.5) is 5.82 Å². The van der Waals surface area contributed by atoms with E-state index in [-0.39, 0.29) is 17.3 Å². The third-order valence-electron chi connectivity index (χ3n) is 5.58. The van der Waals surface area contributed by atoms with E-state index in [0.717, 1.165) is 11.1 Å². The van der Waals surface area contributed by atoms with E-state index in [9.17, 15) is 4.79 Å². The van der Waals surface area contributed by atoms with Crippen molar-refractivity contribution in [3.63, 3.8) is 0 Å². The first kappa shape index (κ1) is 24.7. The number of amides is 1. The van der Waals surface area contributed by atoms with Crippen LogP contribution < -0.4 is 15.9 Å². The molecular formula is C26H21ClN8O3. The summed E-state index contributed by atoms with van der Waals surface area (Å²) in [5.41, 5.74) is 11.7. The summed E-state index contributed by atoms with van der Waals surface area (Å²) in [7, 11) is 0. The van der Waals surface area contributed by atoms with Gasteiger partial charge in [-0.15, -0.1) is 5.10 Å². The minimum Gasteiger partial charge on any atom is -0.489 e. The first-order chi connectivity index (χ1) is 18.5. The number of hydrogen-bond donors (Lipinski definition) is 2. The molecule has 0 unspecified atom stereocenters. The van der Waals surface area contributed by atoms with E-state index in [4.69, 9.17) is 22.1 Å². The molecule has 0 saturated heterocycles. The summed E-state index contributed by atoms with van der Waals surface area (Å²) in [5, 5.41) is 20.4. The fourth-order valence-electron chi connectivity index (χ4n) is 3.58. The molecule has 2 heterocycles. The second-order valence-corrected chi connectivity index (χ2v) is 8.49. The first-order valence-electron chi connectivity index (χ1n) is 11.4.